The summed E-state index contributed by atoms with van der Waals surface area (Å²) in [6.07, 6.45) is 4.61. The lowest BCUT2D eigenvalue weighted by Crippen LogP contribution is -2.29. The van der Waals surface area contributed by atoms with Crippen LogP contribution in [0.15, 0.2) is 24.3 Å². The molecule has 22 heavy (non-hydrogen) atoms. The number of ketones is 1. The minimum atomic E-state index is -1.24. The number of hydrogen-bond acceptors (Lipinski definition) is 4. The Kier molecular flexibility index (Phi) is 5.54. The van der Waals surface area contributed by atoms with Crippen molar-refractivity contribution in [3.63, 3.8) is 0 Å². The fourth-order valence-corrected chi connectivity index (χ4v) is 2.81. The van der Waals surface area contributed by atoms with Crippen molar-refractivity contribution in [2.45, 2.75) is 32.1 Å². The van der Waals surface area contributed by atoms with E-state index in [1.54, 1.807) is 24.3 Å². The van der Waals surface area contributed by atoms with Gasteiger partial charge in [-0.05, 0) is 18.1 Å². The Hall–Kier alpha value is -2.35. The summed E-state index contributed by atoms with van der Waals surface area (Å²) in [4.78, 5) is 24.3. The molecule has 1 aromatic rings. The molecule has 1 aliphatic carbocycles. The first-order chi connectivity index (χ1) is 10.6. The molecule has 1 aromatic carbocycles. The van der Waals surface area contributed by atoms with Gasteiger partial charge in [-0.25, -0.2) is 0 Å². The zero-order chi connectivity index (χ0) is 15.9. The highest BCUT2D eigenvalue weighted by atomic mass is 16.5. The van der Waals surface area contributed by atoms with Gasteiger partial charge >= 0.3 is 0 Å². The summed E-state index contributed by atoms with van der Waals surface area (Å²) in [6.45, 7) is 0. The molecule has 1 aliphatic rings. The standard InChI is InChI=1S/C17H20N2O3/c1-22-14-8-4-7-13(10-14)19-17(21)15(11-18)16(20)9-12-5-2-3-6-12/h4,7-8,10,12,15H,2-3,5-6,9H2,1H3,(H,19,21). The first-order valence-electron chi connectivity index (χ1n) is 7.51. The highest BCUT2D eigenvalue weighted by molar-refractivity contribution is 6.09. The summed E-state index contributed by atoms with van der Waals surface area (Å²) in [5.41, 5.74) is 0.512. The van der Waals surface area contributed by atoms with Crippen molar-refractivity contribution in [3.8, 4) is 11.8 Å². The van der Waals surface area contributed by atoms with E-state index >= 15 is 0 Å². The first-order valence-corrected chi connectivity index (χ1v) is 7.51. The van der Waals surface area contributed by atoms with Crippen LogP contribution in [-0.2, 0) is 9.59 Å². The van der Waals surface area contributed by atoms with Crippen molar-refractivity contribution in [3.05, 3.63) is 24.3 Å². The van der Waals surface area contributed by atoms with Crippen molar-refractivity contribution < 1.29 is 14.3 Å². The Bertz CT molecular complexity index is 586. The average molecular weight is 300 g/mol. The Morgan fingerprint density at radius 1 is 1.41 bits per heavy atom. The predicted molar refractivity (Wildman–Crippen MR) is 82.3 cm³/mol. The van der Waals surface area contributed by atoms with Gasteiger partial charge in [-0.3, -0.25) is 9.59 Å². The molecular formula is C17H20N2O3. The van der Waals surface area contributed by atoms with Gasteiger partial charge < -0.3 is 10.1 Å². The molecule has 116 valence electrons. The minimum Gasteiger partial charge on any atom is -0.497 e. The SMILES string of the molecule is COc1cccc(NC(=O)C(C#N)C(=O)CC2CCCC2)c1. The average Bonchev–Trinajstić information content (AvgIpc) is 3.01. The highest BCUT2D eigenvalue weighted by Gasteiger charge is 2.29. The van der Waals surface area contributed by atoms with Gasteiger partial charge in [0, 0.05) is 18.2 Å². The molecule has 1 atom stereocenters. The van der Waals surface area contributed by atoms with Crippen LogP contribution in [0.25, 0.3) is 0 Å². The van der Waals surface area contributed by atoms with Gasteiger partial charge in [-0.1, -0.05) is 31.7 Å². The van der Waals surface area contributed by atoms with Gasteiger partial charge in [0.25, 0.3) is 0 Å². The van der Waals surface area contributed by atoms with Gasteiger partial charge in [0.15, 0.2) is 11.7 Å². The minimum absolute atomic E-state index is 0.283. The van der Waals surface area contributed by atoms with Crippen LogP contribution in [0.5, 0.6) is 5.75 Å². The van der Waals surface area contributed by atoms with Crippen LogP contribution in [0.2, 0.25) is 0 Å². The summed E-state index contributed by atoms with van der Waals surface area (Å²) in [7, 11) is 1.53. The number of ether oxygens (including phenoxy) is 1. The van der Waals surface area contributed by atoms with E-state index in [9.17, 15) is 9.59 Å². The Morgan fingerprint density at radius 3 is 2.77 bits per heavy atom. The van der Waals surface area contributed by atoms with Crippen LogP contribution in [0, 0.1) is 23.2 Å². The first kappa shape index (κ1) is 16.0. The lowest BCUT2D eigenvalue weighted by Gasteiger charge is -2.12. The fourth-order valence-electron chi connectivity index (χ4n) is 2.81. The molecule has 0 saturated heterocycles. The van der Waals surface area contributed by atoms with Crippen molar-refractivity contribution in [2.75, 3.05) is 12.4 Å². The molecule has 0 radical (unpaired) electrons. The zero-order valence-electron chi connectivity index (χ0n) is 12.7. The van der Waals surface area contributed by atoms with E-state index in [1.807, 2.05) is 6.07 Å². The molecule has 0 bridgehead atoms. The van der Waals surface area contributed by atoms with Crippen molar-refractivity contribution in [1.82, 2.24) is 0 Å². The molecule has 1 amide bonds. The van der Waals surface area contributed by atoms with E-state index < -0.39 is 11.8 Å². The summed E-state index contributed by atoms with van der Waals surface area (Å²) < 4.78 is 5.08. The Morgan fingerprint density at radius 2 is 2.14 bits per heavy atom. The van der Waals surface area contributed by atoms with E-state index in [2.05, 4.69) is 5.32 Å². The molecular weight excluding hydrogens is 280 g/mol. The molecule has 2 rings (SSSR count). The van der Waals surface area contributed by atoms with Gasteiger partial charge in [0.2, 0.25) is 5.91 Å². The predicted octanol–water partition coefficient (Wildman–Crippen LogP) is 2.92. The summed E-state index contributed by atoms with van der Waals surface area (Å²) in [6, 6.07) is 8.65. The van der Waals surface area contributed by atoms with Crippen LogP contribution in [0.1, 0.15) is 32.1 Å². The number of hydrogen-bond donors (Lipinski definition) is 1. The maximum absolute atomic E-state index is 12.2. The summed E-state index contributed by atoms with van der Waals surface area (Å²) >= 11 is 0. The number of nitriles is 1. The topological polar surface area (TPSA) is 79.2 Å². The maximum atomic E-state index is 12.2. The number of benzene rings is 1. The number of nitrogens with one attached hydrogen (secondary N) is 1. The fraction of sp³-hybridized carbons (Fsp3) is 0.471. The Labute approximate surface area is 130 Å². The monoisotopic (exact) mass is 300 g/mol. The number of nitrogens with zero attached hydrogens (tertiary/aromatic N) is 1. The number of methoxy groups -OCH3 is 1. The third-order valence-corrected chi connectivity index (χ3v) is 4.02. The lowest BCUT2D eigenvalue weighted by molar-refractivity contribution is -0.129. The number of anilines is 1. The number of carbonyl (C=O) groups is 2. The maximum Gasteiger partial charge on any atom is 0.249 e. The molecule has 0 aliphatic heterocycles. The number of amides is 1. The van der Waals surface area contributed by atoms with Crippen molar-refractivity contribution >= 4 is 17.4 Å². The van der Waals surface area contributed by atoms with Crippen LogP contribution in [0.4, 0.5) is 5.69 Å². The van der Waals surface area contributed by atoms with Crippen LogP contribution in [-0.4, -0.2) is 18.8 Å². The van der Waals surface area contributed by atoms with E-state index in [1.165, 1.54) is 7.11 Å². The largest absolute Gasteiger partial charge is 0.497 e. The smallest absolute Gasteiger partial charge is 0.249 e. The van der Waals surface area contributed by atoms with Gasteiger partial charge in [-0.2, -0.15) is 5.26 Å². The second-order valence-electron chi connectivity index (χ2n) is 5.60. The second-order valence-corrected chi connectivity index (χ2v) is 5.60. The zero-order valence-corrected chi connectivity index (χ0v) is 12.7. The number of Topliss-reactive ketones (excluding diaryl/α,β-unsaturated/α-hetero) is 1. The number of rotatable bonds is 6. The third-order valence-electron chi connectivity index (χ3n) is 4.02. The van der Waals surface area contributed by atoms with Crippen LogP contribution in [0.3, 0.4) is 0 Å². The molecule has 1 saturated carbocycles. The molecule has 5 nitrogen and oxygen atoms in total. The van der Waals surface area contributed by atoms with Crippen LogP contribution < -0.4 is 10.1 Å². The van der Waals surface area contributed by atoms with Crippen molar-refractivity contribution in [1.29, 1.82) is 5.26 Å². The summed E-state index contributed by atoms with van der Waals surface area (Å²) in [5.74, 6) is -1.17. The van der Waals surface area contributed by atoms with Crippen LogP contribution >= 0.6 is 0 Å². The van der Waals surface area contributed by atoms with Gasteiger partial charge in [0.05, 0.1) is 13.2 Å². The van der Waals surface area contributed by atoms with E-state index in [-0.39, 0.29) is 5.78 Å². The van der Waals surface area contributed by atoms with Gasteiger partial charge in [-0.15, -0.1) is 0 Å². The quantitative estimate of drug-likeness (QED) is 0.819. The Balaban J connectivity index is 1.98. The van der Waals surface area contributed by atoms with Crippen molar-refractivity contribution in [2.24, 2.45) is 11.8 Å². The molecule has 1 fully saturated rings. The molecule has 5 heteroatoms. The lowest BCUT2D eigenvalue weighted by atomic mass is 9.93. The number of carbonyl (C=O) groups excluding carboxylic acids is 2. The van der Waals surface area contributed by atoms with E-state index in [0.29, 0.717) is 23.8 Å². The molecule has 0 aromatic heterocycles. The summed E-state index contributed by atoms with van der Waals surface area (Å²) in [5, 5.41) is 11.8. The molecule has 1 N–H and O–H groups in total. The normalized spacial score (nSPS) is 15.8. The third kappa shape index (κ3) is 4.08. The molecule has 0 spiro atoms. The second kappa shape index (κ2) is 7.60. The van der Waals surface area contributed by atoms with E-state index in [4.69, 9.17) is 10.00 Å². The van der Waals surface area contributed by atoms with E-state index in [0.717, 1.165) is 25.7 Å². The highest BCUT2D eigenvalue weighted by Crippen LogP contribution is 2.28. The van der Waals surface area contributed by atoms with Gasteiger partial charge in [0.1, 0.15) is 5.75 Å². The molecule has 1 unspecified atom stereocenters. The molecule has 0 heterocycles.